The minimum atomic E-state index is -3.20. The summed E-state index contributed by atoms with van der Waals surface area (Å²) in [5.41, 5.74) is 1.44. The molecule has 1 saturated carbocycles. The quantitative estimate of drug-likeness (QED) is 0.900. The molecule has 0 amide bonds. The molecule has 0 saturated heterocycles. The lowest BCUT2D eigenvalue weighted by Crippen LogP contribution is -2.11. The van der Waals surface area contributed by atoms with E-state index in [0.29, 0.717) is 23.8 Å². The maximum atomic E-state index is 11.8. The molecular weight excluding hydrogens is 260 g/mol. The molecule has 2 rings (SSSR count). The van der Waals surface area contributed by atoms with Crippen LogP contribution in [0.5, 0.6) is 5.75 Å². The zero-order chi connectivity index (χ0) is 14.2. The van der Waals surface area contributed by atoms with Crippen LogP contribution < -0.4 is 0 Å². The Kier molecular flexibility index (Phi) is 3.90. The molecule has 0 heterocycles. The summed E-state index contributed by atoms with van der Waals surface area (Å²) in [7, 11) is -3.20. The molecule has 1 N–H and O–H groups in total. The molecule has 1 aliphatic rings. The number of rotatable bonds is 5. The molecular formula is C15H22O3S. The number of aromatic hydroxyl groups is 1. The average molecular weight is 282 g/mol. The van der Waals surface area contributed by atoms with Gasteiger partial charge in [-0.15, -0.1) is 0 Å². The van der Waals surface area contributed by atoms with Crippen molar-refractivity contribution in [1.29, 1.82) is 0 Å². The van der Waals surface area contributed by atoms with E-state index in [9.17, 15) is 13.5 Å². The third kappa shape index (κ3) is 2.94. The maximum absolute atomic E-state index is 11.8. The van der Waals surface area contributed by atoms with Gasteiger partial charge < -0.3 is 5.11 Å². The van der Waals surface area contributed by atoms with Crippen LogP contribution in [0, 0.1) is 5.92 Å². The highest BCUT2D eigenvalue weighted by molar-refractivity contribution is 7.90. The summed E-state index contributed by atoms with van der Waals surface area (Å²) in [4.78, 5) is 0. The van der Waals surface area contributed by atoms with Gasteiger partial charge in [-0.05, 0) is 36.7 Å². The summed E-state index contributed by atoms with van der Waals surface area (Å²) in [5, 5.41) is 9.82. The number of sulfone groups is 1. The predicted molar refractivity (Wildman–Crippen MR) is 77.1 cm³/mol. The number of para-hydroxylation sites is 1. The molecule has 1 aromatic carbocycles. The van der Waals surface area contributed by atoms with E-state index in [-0.39, 0.29) is 5.75 Å². The van der Waals surface area contributed by atoms with Gasteiger partial charge in [-0.25, -0.2) is 8.42 Å². The summed E-state index contributed by atoms with van der Waals surface area (Å²) in [6, 6.07) is 5.50. The van der Waals surface area contributed by atoms with Crippen LogP contribution in [0.15, 0.2) is 18.2 Å². The molecule has 0 bridgehead atoms. The lowest BCUT2D eigenvalue weighted by molar-refractivity contribution is 0.449. The Morgan fingerprint density at radius 2 is 1.89 bits per heavy atom. The number of benzene rings is 1. The zero-order valence-electron chi connectivity index (χ0n) is 11.8. The van der Waals surface area contributed by atoms with Crippen molar-refractivity contribution in [1.82, 2.24) is 0 Å². The van der Waals surface area contributed by atoms with Gasteiger partial charge in [0.05, 0.1) is 5.25 Å². The third-order valence-electron chi connectivity index (χ3n) is 4.15. The Bertz CT molecular complexity index is 559. The minimum Gasteiger partial charge on any atom is -0.507 e. The van der Waals surface area contributed by atoms with Crippen molar-refractivity contribution in [2.24, 2.45) is 5.92 Å². The summed E-state index contributed by atoms with van der Waals surface area (Å²) in [5.74, 6) is 1.12. The first-order valence-electron chi connectivity index (χ1n) is 6.86. The first-order valence-corrected chi connectivity index (χ1v) is 8.82. The van der Waals surface area contributed by atoms with E-state index in [1.165, 1.54) is 19.1 Å². The van der Waals surface area contributed by atoms with Gasteiger partial charge in [0.25, 0.3) is 0 Å². The van der Waals surface area contributed by atoms with E-state index in [4.69, 9.17) is 0 Å². The lowest BCUT2D eigenvalue weighted by atomic mass is 9.92. The largest absolute Gasteiger partial charge is 0.507 e. The first-order chi connectivity index (χ1) is 8.86. The van der Waals surface area contributed by atoms with Crippen LogP contribution in [-0.2, 0) is 9.84 Å². The second kappa shape index (κ2) is 5.16. The Morgan fingerprint density at radius 3 is 2.37 bits per heavy atom. The molecule has 1 fully saturated rings. The summed E-state index contributed by atoms with van der Waals surface area (Å²) >= 11 is 0. The van der Waals surface area contributed by atoms with E-state index in [1.807, 2.05) is 19.1 Å². The monoisotopic (exact) mass is 282 g/mol. The van der Waals surface area contributed by atoms with Crippen LogP contribution in [-0.4, -0.2) is 19.8 Å². The number of hydrogen-bond acceptors (Lipinski definition) is 3. The van der Waals surface area contributed by atoms with Crippen LogP contribution in [0.25, 0.3) is 0 Å². The van der Waals surface area contributed by atoms with Crippen molar-refractivity contribution in [2.75, 3.05) is 6.26 Å². The zero-order valence-corrected chi connectivity index (χ0v) is 12.6. The Morgan fingerprint density at radius 1 is 1.32 bits per heavy atom. The molecule has 0 aromatic heterocycles. The van der Waals surface area contributed by atoms with E-state index in [1.54, 1.807) is 6.07 Å². The van der Waals surface area contributed by atoms with Gasteiger partial charge in [0.1, 0.15) is 5.75 Å². The normalized spacial score (nSPS) is 19.1. The molecule has 3 nitrogen and oxygen atoms in total. The fourth-order valence-corrected chi connectivity index (χ4v) is 4.07. The van der Waals surface area contributed by atoms with Crippen molar-refractivity contribution in [3.8, 4) is 5.75 Å². The second-order valence-electron chi connectivity index (χ2n) is 5.64. The van der Waals surface area contributed by atoms with Gasteiger partial charge in [-0.3, -0.25) is 0 Å². The van der Waals surface area contributed by atoms with Crippen LogP contribution in [0.2, 0.25) is 0 Å². The van der Waals surface area contributed by atoms with Crippen LogP contribution in [0.4, 0.5) is 0 Å². The van der Waals surface area contributed by atoms with Gasteiger partial charge >= 0.3 is 0 Å². The van der Waals surface area contributed by atoms with Gasteiger partial charge in [-0.1, -0.05) is 32.0 Å². The smallest absolute Gasteiger partial charge is 0.154 e. The van der Waals surface area contributed by atoms with Crippen molar-refractivity contribution < 1.29 is 13.5 Å². The fraction of sp³-hybridized carbons (Fsp3) is 0.600. The highest BCUT2D eigenvalue weighted by Crippen LogP contribution is 2.46. The Hall–Kier alpha value is -1.03. The van der Waals surface area contributed by atoms with Crippen LogP contribution >= 0.6 is 0 Å². The van der Waals surface area contributed by atoms with Crippen LogP contribution in [0.3, 0.4) is 0 Å². The molecule has 1 aromatic rings. The summed E-state index contributed by atoms with van der Waals surface area (Å²) in [6.45, 7) is 3.94. The van der Waals surface area contributed by atoms with Gasteiger partial charge in [0, 0.05) is 11.8 Å². The maximum Gasteiger partial charge on any atom is 0.154 e. The molecule has 0 radical (unpaired) electrons. The highest BCUT2D eigenvalue weighted by atomic mass is 32.2. The molecule has 19 heavy (non-hydrogen) atoms. The first kappa shape index (κ1) is 14.4. The number of phenolic OH excluding ortho intramolecular Hbond substituents is 1. The molecule has 2 atom stereocenters. The molecule has 4 heteroatoms. The van der Waals surface area contributed by atoms with Crippen molar-refractivity contribution in [3.63, 3.8) is 0 Å². The van der Waals surface area contributed by atoms with Gasteiger partial charge in [-0.2, -0.15) is 0 Å². The van der Waals surface area contributed by atoms with Crippen LogP contribution in [0.1, 0.15) is 55.4 Å². The van der Waals surface area contributed by atoms with Gasteiger partial charge in [0.2, 0.25) is 0 Å². The van der Waals surface area contributed by atoms with E-state index < -0.39 is 15.1 Å². The lowest BCUT2D eigenvalue weighted by Gasteiger charge is -2.19. The average Bonchev–Trinajstić information content (AvgIpc) is 3.13. The van der Waals surface area contributed by atoms with E-state index in [2.05, 4.69) is 6.92 Å². The summed E-state index contributed by atoms with van der Waals surface area (Å²) in [6.07, 6.45) is 4.12. The number of phenols is 1. The third-order valence-corrected chi connectivity index (χ3v) is 5.77. The fourth-order valence-electron chi connectivity index (χ4n) is 2.81. The molecule has 106 valence electrons. The predicted octanol–water partition coefficient (Wildman–Crippen LogP) is 3.40. The molecule has 0 aliphatic heterocycles. The Labute approximate surface area is 115 Å². The van der Waals surface area contributed by atoms with E-state index >= 15 is 0 Å². The van der Waals surface area contributed by atoms with Crippen molar-refractivity contribution >= 4 is 9.84 Å². The topological polar surface area (TPSA) is 54.4 Å². The Balaban J connectivity index is 2.44. The van der Waals surface area contributed by atoms with Gasteiger partial charge in [0.15, 0.2) is 9.84 Å². The second-order valence-corrected chi connectivity index (χ2v) is 7.87. The molecule has 1 aliphatic carbocycles. The van der Waals surface area contributed by atoms with Crippen molar-refractivity contribution in [2.45, 2.75) is 44.3 Å². The minimum absolute atomic E-state index is 0.180. The molecule has 0 spiro atoms. The SMILES string of the molecule is CCC(c1cccc(C(C)C2CC2)c1O)S(C)(=O)=O. The molecule has 2 unspecified atom stereocenters. The van der Waals surface area contributed by atoms with E-state index in [0.717, 1.165) is 5.56 Å². The number of hydrogen-bond donors (Lipinski definition) is 1. The standard InChI is InChI=1S/C15H22O3S/c1-4-14(19(3,17)18)13-7-5-6-12(15(13)16)10(2)11-8-9-11/h5-7,10-11,14,16H,4,8-9H2,1-3H3. The highest BCUT2D eigenvalue weighted by Gasteiger charge is 2.32. The van der Waals surface area contributed by atoms with Crippen molar-refractivity contribution in [3.05, 3.63) is 29.3 Å². The summed E-state index contributed by atoms with van der Waals surface area (Å²) < 4.78 is 23.7.